The molecule has 29 heavy (non-hydrogen) atoms. The summed E-state index contributed by atoms with van der Waals surface area (Å²) < 4.78 is 14.6. The van der Waals surface area contributed by atoms with E-state index in [4.69, 9.17) is 11.6 Å². The molecule has 0 saturated carbocycles. The van der Waals surface area contributed by atoms with Gasteiger partial charge in [-0.25, -0.2) is 9.37 Å². The molecule has 1 amide bonds. The van der Waals surface area contributed by atoms with Gasteiger partial charge in [0.25, 0.3) is 0 Å². The Bertz CT molecular complexity index is 1150. The third-order valence-electron chi connectivity index (χ3n) is 4.19. The van der Waals surface area contributed by atoms with Crippen LogP contribution in [0.5, 0.6) is 0 Å². The van der Waals surface area contributed by atoms with Crippen LogP contribution < -0.4 is 5.32 Å². The van der Waals surface area contributed by atoms with Crippen molar-refractivity contribution >= 4 is 34.7 Å². The third kappa shape index (κ3) is 4.52. The zero-order chi connectivity index (χ0) is 20.4. The Kier molecular flexibility index (Phi) is 5.42. The first-order chi connectivity index (χ1) is 14.0. The Morgan fingerprint density at radius 3 is 2.62 bits per heavy atom. The number of hydrogen-bond acceptors (Lipinski definition) is 4. The van der Waals surface area contributed by atoms with E-state index in [0.29, 0.717) is 16.0 Å². The minimum atomic E-state index is -0.330. The fourth-order valence-corrected chi connectivity index (χ4v) is 3.75. The van der Waals surface area contributed by atoms with Gasteiger partial charge in [-0.15, -0.1) is 11.3 Å². The Balaban J connectivity index is 1.54. The molecule has 2 aromatic carbocycles. The Morgan fingerprint density at radius 2 is 1.90 bits per heavy atom. The molecule has 8 heteroatoms. The van der Waals surface area contributed by atoms with E-state index < -0.39 is 0 Å². The molecule has 0 spiro atoms. The Labute approximate surface area is 175 Å². The van der Waals surface area contributed by atoms with Crippen molar-refractivity contribution in [1.29, 1.82) is 0 Å². The maximum atomic E-state index is 13.0. The van der Waals surface area contributed by atoms with Gasteiger partial charge in [0.1, 0.15) is 11.6 Å². The van der Waals surface area contributed by atoms with Crippen LogP contribution in [0.2, 0.25) is 5.02 Å². The number of nitrogens with one attached hydrogen (secondary N) is 1. The summed E-state index contributed by atoms with van der Waals surface area (Å²) in [6.07, 6.45) is 0.137. The number of nitrogens with zero attached hydrogens (tertiary/aromatic N) is 3. The van der Waals surface area contributed by atoms with Gasteiger partial charge in [0.15, 0.2) is 0 Å². The largest absolute Gasteiger partial charge is 0.310 e. The van der Waals surface area contributed by atoms with E-state index in [2.05, 4.69) is 15.4 Å². The van der Waals surface area contributed by atoms with Gasteiger partial charge in [0.2, 0.25) is 11.0 Å². The number of halogens is 2. The van der Waals surface area contributed by atoms with Crippen LogP contribution in [0.3, 0.4) is 0 Å². The van der Waals surface area contributed by atoms with E-state index >= 15 is 0 Å². The van der Waals surface area contributed by atoms with Crippen molar-refractivity contribution in [2.24, 2.45) is 0 Å². The molecule has 0 aliphatic carbocycles. The number of anilines is 1. The van der Waals surface area contributed by atoms with Crippen molar-refractivity contribution < 1.29 is 9.18 Å². The molecule has 0 fully saturated rings. The minimum absolute atomic E-state index is 0.137. The van der Waals surface area contributed by atoms with E-state index in [-0.39, 0.29) is 18.1 Å². The molecule has 1 N–H and O–H groups in total. The van der Waals surface area contributed by atoms with Gasteiger partial charge < -0.3 is 5.32 Å². The standard InChI is InChI=1S/C21H16ClFN4OS/c1-13-10-19(25-20(28)11-14-2-8-17(23)9-3-14)27(26-13)21-24-18(12-29-21)15-4-6-16(22)7-5-15/h2-10,12H,11H2,1H3,(H,25,28). The number of aryl methyl sites for hydroxylation is 1. The van der Waals surface area contributed by atoms with Crippen LogP contribution in [0.4, 0.5) is 10.2 Å². The van der Waals surface area contributed by atoms with Crippen molar-refractivity contribution in [3.05, 3.63) is 82.1 Å². The predicted octanol–water partition coefficient (Wildman–Crippen LogP) is 5.28. The van der Waals surface area contributed by atoms with Crippen molar-refractivity contribution in [2.75, 3.05) is 5.32 Å². The summed E-state index contributed by atoms with van der Waals surface area (Å²) in [5.74, 6) is -0.0121. The molecule has 0 bridgehead atoms. The smallest absolute Gasteiger partial charge is 0.229 e. The third-order valence-corrected chi connectivity index (χ3v) is 5.26. The summed E-state index contributed by atoms with van der Waals surface area (Å²) in [4.78, 5) is 17.1. The first-order valence-electron chi connectivity index (χ1n) is 8.81. The van der Waals surface area contributed by atoms with Crippen molar-refractivity contribution in [2.45, 2.75) is 13.3 Å². The van der Waals surface area contributed by atoms with E-state index in [1.165, 1.54) is 23.5 Å². The van der Waals surface area contributed by atoms with E-state index in [1.54, 1.807) is 22.9 Å². The van der Waals surface area contributed by atoms with Crippen LogP contribution in [-0.2, 0) is 11.2 Å². The summed E-state index contributed by atoms with van der Waals surface area (Å²) >= 11 is 7.37. The van der Waals surface area contributed by atoms with Crippen LogP contribution in [-0.4, -0.2) is 20.7 Å². The first kappa shape index (κ1) is 19.3. The molecular weight excluding hydrogens is 411 g/mol. The second-order valence-corrected chi connectivity index (χ2v) is 7.73. The van der Waals surface area contributed by atoms with Gasteiger partial charge in [-0.1, -0.05) is 35.9 Å². The van der Waals surface area contributed by atoms with Crippen molar-refractivity contribution in [3.63, 3.8) is 0 Å². The highest BCUT2D eigenvalue weighted by atomic mass is 35.5. The summed E-state index contributed by atoms with van der Waals surface area (Å²) in [6.45, 7) is 1.85. The number of hydrogen-bond donors (Lipinski definition) is 1. The maximum absolute atomic E-state index is 13.0. The van der Waals surface area contributed by atoms with E-state index in [1.807, 2.05) is 36.6 Å². The van der Waals surface area contributed by atoms with Gasteiger partial charge in [0.05, 0.1) is 17.8 Å². The number of carbonyl (C=O) groups is 1. The Hall–Kier alpha value is -3.03. The van der Waals surface area contributed by atoms with Gasteiger partial charge in [-0.2, -0.15) is 9.78 Å². The fraction of sp³-hybridized carbons (Fsp3) is 0.0952. The Morgan fingerprint density at radius 1 is 1.17 bits per heavy atom. The van der Waals surface area contributed by atoms with E-state index in [9.17, 15) is 9.18 Å². The average molecular weight is 427 g/mol. The number of benzene rings is 2. The highest BCUT2D eigenvalue weighted by Gasteiger charge is 2.15. The predicted molar refractivity (Wildman–Crippen MR) is 113 cm³/mol. The lowest BCUT2D eigenvalue weighted by molar-refractivity contribution is -0.115. The van der Waals surface area contributed by atoms with Gasteiger partial charge in [-0.3, -0.25) is 4.79 Å². The maximum Gasteiger partial charge on any atom is 0.229 e. The molecule has 146 valence electrons. The number of amides is 1. The monoisotopic (exact) mass is 426 g/mol. The molecule has 4 rings (SSSR count). The highest BCUT2D eigenvalue weighted by molar-refractivity contribution is 7.12. The van der Waals surface area contributed by atoms with Crippen molar-refractivity contribution in [1.82, 2.24) is 14.8 Å². The molecule has 0 aliphatic rings. The molecule has 0 unspecified atom stereocenters. The van der Waals surface area contributed by atoms with Crippen LogP contribution in [0.25, 0.3) is 16.4 Å². The van der Waals surface area contributed by atoms with Gasteiger partial charge in [0, 0.05) is 22.0 Å². The van der Waals surface area contributed by atoms with Crippen LogP contribution in [0.1, 0.15) is 11.3 Å². The molecule has 4 aromatic rings. The summed E-state index contributed by atoms with van der Waals surface area (Å²) in [5, 5.41) is 10.6. The molecule has 0 atom stereocenters. The summed E-state index contributed by atoms with van der Waals surface area (Å²) in [5.41, 5.74) is 3.23. The second-order valence-electron chi connectivity index (χ2n) is 6.46. The summed E-state index contributed by atoms with van der Waals surface area (Å²) in [7, 11) is 0. The lowest BCUT2D eigenvalue weighted by Gasteiger charge is -2.07. The molecule has 0 radical (unpaired) electrons. The molecule has 0 aliphatic heterocycles. The zero-order valence-corrected chi connectivity index (χ0v) is 17.0. The zero-order valence-electron chi connectivity index (χ0n) is 15.4. The number of aromatic nitrogens is 3. The van der Waals surface area contributed by atoms with Crippen LogP contribution in [0.15, 0.2) is 60.0 Å². The minimum Gasteiger partial charge on any atom is -0.310 e. The fourth-order valence-electron chi connectivity index (χ4n) is 2.82. The number of rotatable bonds is 5. The molecule has 0 saturated heterocycles. The van der Waals surface area contributed by atoms with Gasteiger partial charge in [-0.05, 0) is 36.8 Å². The lowest BCUT2D eigenvalue weighted by atomic mass is 10.1. The second kappa shape index (κ2) is 8.14. The summed E-state index contributed by atoms with van der Waals surface area (Å²) in [6, 6.07) is 15.1. The average Bonchev–Trinajstić information content (AvgIpc) is 3.31. The van der Waals surface area contributed by atoms with Crippen LogP contribution >= 0.6 is 22.9 Å². The first-order valence-corrected chi connectivity index (χ1v) is 10.1. The molecular formula is C21H16ClFN4OS. The van der Waals surface area contributed by atoms with Crippen LogP contribution in [0, 0.1) is 12.7 Å². The SMILES string of the molecule is Cc1cc(NC(=O)Cc2ccc(F)cc2)n(-c2nc(-c3ccc(Cl)cc3)cs2)n1. The number of thiazole rings is 1. The van der Waals surface area contributed by atoms with Gasteiger partial charge >= 0.3 is 0 Å². The molecule has 2 heterocycles. The topological polar surface area (TPSA) is 59.8 Å². The van der Waals surface area contributed by atoms with Crippen molar-refractivity contribution in [3.8, 4) is 16.4 Å². The lowest BCUT2D eigenvalue weighted by Crippen LogP contribution is -2.17. The quantitative estimate of drug-likeness (QED) is 0.472. The molecule has 5 nitrogen and oxygen atoms in total. The van der Waals surface area contributed by atoms with E-state index in [0.717, 1.165) is 22.5 Å². The molecule has 2 aromatic heterocycles. The number of carbonyl (C=O) groups excluding carboxylic acids is 1. The highest BCUT2D eigenvalue weighted by Crippen LogP contribution is 2.27. The normalized spacial score (nSPS) is 10.9.